The number of amides is 1. The van der Waals surface area contributed by atoms with Crippen LogP contribution < -0.4 is 10.2 Å². The highest BCUT2D eigenvalue weighted by Gasteiger charge is 2.28. The first-order valence-electron chi connectivity index (χ1n) is 6.83. The van der Waals surface area contributed by atoms with Crippen LogP contribution in [0.4, 0.5) is 10.7 Å². The zero-order valence-corrected chi connectivity index (χ0v) is 13.2. The molecule has 0 spiro atoms. The van der Waals surface area contributed by atoms with Crippen LogP contribution in [0.15, 0.2) is 18.2 Å². The standard InChI is InChI=1S/C14H15ClN4OS/c1-2-5-16-14-11(17-18-21-14)8-19-12-7-10(15)4-3-9(12)6-13(19)20/h3-4,7,16H,2,5-6,8H2,1H3. The molecule has 1 aromatic heterocycles. The fourth-order valence-corrected chi connectivity index (χ4v) is 3.10. The fraction of sp³-hybridized carbons (Fsp3) is 0.357. The number of aromatic nitrogens is 2. The first kappa shape index (κ1) is 14.3. The first-order valence-corrected chi connectivity index (χ1v) is 7.98. The lowest BCUT2D eigenvalue weighted by molar-refractivity contribution is -0.117. The Balaban J connectivity index is 1.84. The number of nitrogens with zero attached hydrogens (tertiary/aromatic N) is 3. The van der Waals surface area contributed by atoms with Crippen molar-refractivity contribution in [2.75, 3.05) is 16.8 Å². The van der Waals surface area contributed by atoms with Crippen LogP contribution in [0.1, 0.15) is 24.6 Å². The minimum Gasteiger partial charge on any atom is -0.374 e. The molecule has 0 fully saturated rings. The van der Waals surface area contributed by atoms with Crippen molar-refractivity contribution in [3.63, 3.8) is 0 Å². The Kier molecular flexibility index (Phi) is 4.07. The average Bonchev–Trinajstić information content (AvgIpc) is 3.03. The molecule has 5 nitrogen and oxygen atoms in total. The second-order valence-electron chi connectivity index (χ2n) is 4.91. The van der Waals surface area contributed by atoms with E-state index in [1.165, 1.54) is 11.5 Å². The van der Waals surface area contributed by atoms with Gasteiger partial charge in [0.25, 0.3) is 0 Å². The van der Waals surface area contributed by atoms with Crippen LogP contribution in [0, 0.1) is 0 Å². The number of carbonyl (C=O) groups is 1. The van der Waals surface area contributed by atoms with Crippen LogP contribution in [0.2, 0.25) is 5.02 Å². The van der Waals surface area contributed by atoms with E-state index in [-0.39, 0.29) is 5.91 Å². The van der Waals surface area contributed by atoms with E-state index in [1.54, 1.807) is 4.90 Å². The molecule has 0 bridgehead atoms. The molecule has 0 saturated heterocycles. The minimum absolute atomic E-state index is 0.0710. The zero-order chi connectivity index (χ0) is 14.8. The van der Waals surface area contributed by atoms with E-state index in [9.17, 15) is 4.79 Å². The Hall–Kier alpha value is -1.66. The van der Waals surface area contributed by atoms with Gasteiger partial charge in [-0.3, -0.25) is 4.79 Å². The first-order chi connectivity index (χ1) is 10.2. The predicted molar refractivity (Wildman–Crippen MR) is 85.0 cm³/mol. The molecule has 3 rings (SSSR count). The second kappa shape index (κ2) is 5.99. The summed E-state index contributed by atoms with van der Waals surface area (Å²) in [6.45, 7) is 3.39. The summed E-state index contributed by atoms with van der Waals surface area (Å²) >= 11 is 7.36. The third kappa shape index (κ3) is 2.87. The van der Waals surface area contributed by atoms with Crippen molar-refractivity contribution < 1.29 is 4.79 Å². The number of anilines is 2. The number of hydrogen-bond acceptors (Lipinski definition) is 5. The normalized spacial score (nSPS) is 13.6. The number of rotatable bonds is 5. The summed E-state index contributed by atoms with van der Waals surface area (Å²) in [5, 5.41) is 9.00. The van der Waals surface area contributed by atoms with E-state index in [2.05, 4.69) is 21.8 Å². The summed E-state index contributed by atoms with van der Waals surface area (Å²) in [6.07, 6.45) is 1.44. The molecule has 1 aliphatic heterocycles. The highest BCUT2D eigenvalue weighted by Crippen LogP contribution is 2.33. The van der Waals surface area contributed by atoms with Gasteiger partial charge in [0, 0.05) is 28.8 Å². The highest BCUT2D eigenvalue weighted by atomic mass is 35.5. The Morgan fingerprint density at radius 2 is 2.33 bits per heavy atom. The molecule has 2 aromatic rings. The van der Waals surface area contributed by atoms with Crippen LogP contribution >= 0.6 is 23.1 Å². The molecule has 1 aliphatic rings. The monoisotopic (exact) mass is 322 g/mol. The summed E-state index contributed by atoms with van der Waals surface area (Å²) in [6, 6.07) is 5.56. The van der Waals surface area contributed by atoms with Gasteiger partial charge in [0.15, 0.2) is 0 Å². The minimum atomic E-state index is 0.0710. The van der Waals surface area contributed by atoms with Gasteiger partial charge in [-0.05, 0) is 24.1 Å². The number of halogens is 1. The smallest absolute Gasteiger partial charge is 0.231 e. The molecule has 1 N–H and O–H groups in total. The lowest BCUT2D eigenvalue weighted by atomic mass is 10.2. The predicted octanol–water partition coefficient (Wildman–Crippen LogP) is 3.10. The number of fused-ring (bicyclic) bond motifs is 1. The van der Waals surface area contributed by atoms with E-state index in [0.717, 1.165) is 34.9 Å². The summed E-state index contributed by atoms with van der Waals surface area (Å²) in [5.74, 6) is 0.0710. The number of carbonyl (C=O) groups excluding carboxylic acids is 1. The molecule has 2 heterocycles. The maximum atomic E-state index is 12.2. The van der Waals surface area contributed by atoms with Crippen molar-refractivity contribution in [1.82, 2.24) is 9.59 Å². The molecule has 110 valence electrons. The van der Waals surface area contributed by atoms with Crippen LogP contribution in [-0.4, -0.2) is 22.0 Å². The van der Waals surface area contributed by atoms with Gasteiger partial charge in [0.2, 0.25) is 5.91 Å². The third-order valence-corrected chi connectivity index (χ3v) is 4.34. The van der Waals surface area contributed by atoms with Gasteiger partial charge < -0.3 is 10.2 Å². The van der Waals surface area contributed by atoms with E-state index < -0.39 is 0 Å². The zero-order valence-electron chi connectivity index (χ0n) is 11.6. The van der Waals surface area contributed by atoms with Gasteiger partial charge in [-0.15, -0.1) is 5.10 Å². The molecule has 0 unspecified atom stereocenters. The van der Waals surface area contributed by atoms with Crippen molar-refractivity contribution in [3.8, 4) is 0 Å². The van der Waals surface area contributed by atoms with Crippen LogP contribution in [0.3, 0.4) is 0 Å². The van der Waals surface area contributed by atoms with Gasteiger partial charge in [-0.2, -0.15) is 0 Å². The van der Waals surface area contributed by atoms with E-state index in [0.29, 0.717) is 18.0 Å². The van der Waals surface area contributed by atoms with E-state index >= 15 is 0 Å². The average molecular weight is 323 g/mol. The highest BCUT2D eigenvalue weighted by molar-refractivity contribution is 7.10. The van der Waals surface area contributed by atoms with E-state index in [1.807, 2.05) is 18.2 Å². The molecule has 0 saturated carbocycles. The molecule has 7 heteroatoms. The van der Waals surface area contributed by atoms with Gasteiger partial charge >= 0.3 is 0 Å². The van der Waals surface area contributed by atoms with Crippen LogP contribution in [0.25, 0.3) is 0 Å². The summed E-state index contributed by atoms with van der Waals surface area (Å²) in [7, 11) is 0. The lowest BCUT2D eigenvalue weighted by Gasteiger charge is -2.17. The van der Waals surface area contributed by atoms with Crippen molar-refractivity contribution in [2.24, 2.45) is 0 Å². The van der Waals surface area contributed by atoms with Crippen LogP contribution in [-0.2, 0) is 17.8 Å². The third-order valence-electron chi connectivity index (χ3n) is 3.38. The SMILES string of the molecule is CCCNc1snnc1CN1C(=O)Cc2ccc(Cl)cc21. The van der Waals surface area contributed by atoms with Crippen molar-refractivity contribution >= 4 is 39.7 Å². The van der Waals surface area contributed by atoms with Crippen LogP contribution in [0.5, 0.6) is 0 Å². The maximum Gasteiger partial charge on any atom is 0.231 e. The molecular weight excluding hydrogens is 308 g/mol. The Bertz CT molecular complexity index is 673. The second-order valence-corrected chi connectivity index (χ2v) is 6.10. The van der Waals surface area contributed by atoms with E-state index in [4.69, 9.17) is 11.6 Å². The molecule has 0 radical (unpaired) electrons. The van der Waals surface area contributed by atoms with Crippen molar-refractivity contribution in [3.05, 3.63) is 34.5 Å². The van der Waals surface area contributed by atoms with Gasteiger partial charge in [-0.1, -0.05) is 29.1 Å². The lowest BCUT2D eigenvalue weighted by Crippen LogP contribution is -2.26. The Morgan fingerprint density at radius 1 is 1.48 bits per heavy atom. The summed E-state index contributed by atoms with van der Waals surface area (Å²) in [4.78, 5) is 13.9. The van der Waals surface area contributed by atoms with Gasteiger partial charge in [0.1, 0.15) is 10.7 Å². The van der Waals surface area contributed by atoms with Gasteiger partial charge in [-0.25, -0.2) is 0 Å². The summed E-state index contributed by atoms with van der Waals surface area (Å²) < 4.78 is 3.98. The largest absolute Gasteiger partial charge is 0.374 e. The molecule has 21 heavy (non-hydrogen) atoms. The Morgan fingerprint density at radius 3 is 3.14 bits per heavy atom. The Labute approximate surface area is 132 Å². The molecule has 1 aromatic carbocycles. The molecule has 1 amide bonds. The molecular formula is C14H15ClN4OS. The number of benzene rings is 1. The van der Waals surface area contributed by atoms with Crippen molar-refractivity contribution in [1.29, 1.82) is 0 Å². The topological polar surface area (TPSA) is 58.1 Å². The summed E-state index contributed by atoms with van der Waals surface area (Å²) in [5.41, 5.74) is 2.69. The molecule has 0 aliphatic carbocycles. The fourth-order valence-electron chi connectivity index (χ4n) is 2.34. The van der Waals surface area contributed by atoms with Crippen molar-refractivity contribution in [2.45, 2.75) is 26.3 Å². The quantitative estimate of drug-likeness (QED) is 0.919. The molecule has 0 atom stereocenters. The number of nitrogens with one attached hydrogen (secondary N) is 1. The maximum absolute atomic E-state index is 12.2. The van der Waals surface area contributed by atoms with Gasteiger partial charge in [0.05, 0.1) is 13.0 Å². The number of hydrogen-bond donors (Lipinski definition) is 1.